The lowest BCUT2D eigenvalue weighted by Crippen LogP contribution is -2.27. The highest BCUT2D eigenvalue weighted by Crippen LogP contribution is 2.24. The molecule has 0 aromatic carbocycles. The molecule has 0 aliphatic carbocycles. The number of pyridine rings is 2. The molecule has 0 atom stereocenters. The average molecular weight is 284 g/mol. The Morgan fingerprint density at radius 2 is 2.19 bits per heavy atom. The molecule has 0 saturated carbocycles. The monoisotopic (exact) mass is 284 g/mol. The number of nitrogens with one attached hydrogen (secondary N) is 2. The molecule has 0 spiro atoms. The molecule has 6 heteroatoms. The molecule has 21 heavy (non-hydrogen) atoms. The van der Waals surface area contributed by atoms with Gasteiger partial charge >= 0.3 is 0 Å². The quantitative estimate of drug-likeness (QED) is 0.749. The Morgan fingerprint density at radius 3 is 3.05 bits per heavy atom. The van der Waals surface area contributed by atoms with Crippen LogP contribution >= 0.6 is 0 Å². The average Bonchev–Trinajstić information content (AvgIpc) is 2.97. The van der Waals surface area contributed by atoms with Crippen LogP contribution in [0.2, 0.25) is 0 Å². The number of nitrogens with zero attached hydrogens (tertiary/aromatic N) is 4. The van der Waals surface area contributed by atoms with Gasteiger partial charge in [-0.2, -0.15) is 5.10 Å². The summed E-state index contributed by atoms with van der Waals surface area (Å²) < 4.78 is 0. The molecule has 6 nitrogen and oxygen atoms in total. The largest absolute Gasteiger partial charge is 0.358 e. The van der Waals surface area contributed by atoms with Gasteiger partial charge in [-0.15, -0.1) is 0 Å². The lowest BCUT2D eigenvalue weighted by molar-refractivity contribution is 0.762. The van der Waals surface area contributed by atoms with Crippen LogP contribution in [0.15, 0.2) is 36.5 Å². The molecule has 3 rings (SSSR count). The van der Waals surface area contributed by atoms with Crippen molar-refractivity contribution in [3.8, 4) is 11.4 Å². The Kier molecular flexibility index (Phi) is 3.79. The zero-order valence-electron chi connectivity index (χ0n) is 12.2. The van der Waals surface area contributed by atoms with Crippen LogP contribution in [0.1, 0.15) is 1.43 Å². The van der Waals surface area contributed by atoms with E-state index in [1.165, 1.54) is 0 Å². The molecule has 0 saturated heterocycles. The summed E-state index contributed by atoms with van der Waals surface area (Å²) in [5.41, 5.74) is 2.49. The standard InChI is InChI=1S/C15H18N6.H2/c1-16-9-10-21(2)13-7-3-6-12(18-13)14-11-5-4-8-17-15(11)20-19-14;/h3-8,16H,9-10H2,1-2H3,(H,17,19,20);1H. The first-order valence-electron chi connectivity index (χ1n) is 6.92. The van der Waals surface area contributed by atoms with E-state index in [0.717, 1.165) is 35.7 Å². The molecule has 2 N–H and O–H groups in total. The molecular weight excluding hydrogens is 264 g/mol. The van der Waals surface area contributed by atoms with Crippen LogP contribution in [0, 0.1) is 0 Å². The Morgan fingerprint density at radius 1 is 1.29 bits per heavy atom. The van der Waals surface area contributed by atoms with Gasteiger partial charge in [-0.3, -0.25) is 5.10 Å². The summed E-state index contributed by atoms with van der Waals surface area (Å²) in [6.45, 7) is 1.82. The predicted molar refractivity (Wildman–Crippen MR) is 86.4 cm³/mol. The van der Waals surface area contributed by atoms with E-state index in [-0.39, 0.29) is 1.43 Å². The van der Waals surface area contributed by atoms with E-state index in [0.29, 0.717) is 5.65 Å². The first-order chi connectivity index (χ1) is 10.3. The molecule has 0 bridgehead atoms. The van der Waals surface area contributed by atoms with E-state index in [2.05, 4.69) is 25.4 Å². The molecule has 0 aliphatic rings. The molecule has 0 amide bonds. The fraction of sp³-hybridized carbons (Fsp3) is 0.267. The van der Waals surface area contributed by atoms with Gasteiger partial charge in [0, 0.05) is 33.1 Å². The maximum atomic E-state index is 4.72. The molecule has 110 valence electrons. The van der Waals surface area contributed by atoms with E-state index in [1.54, 1.807) is 6.20 Å². The number of hydrogen-bond donors (Lipinski definition) is 2. The number of anilines is 1. The third kappa shape index (κ3) is 2.71. The molecule has 3 aromatic rings. The summed E-state index contributed by atoms with van der Waals surface area (Å²) >= 11 is 0. The SMILES string of the molecule is CNCCN(C)c1cccc(-c2[nH]nc3ncccc23)n1.[HH]. The minimum Gasteiger partial charge on any atom is -0.358 e. The van der Waals surface area contributed by atoms with Crippen molar-refractivity contribution in [2.75, 3.05) is 32.1 Å². The summed E-state index contributed by atoms with van der Waals surface area (Å²) in [6.07, 6.45) is 1.74. The van der Waals surface area contributed by atoms with Crippen LogP contribution in [-0.2, 0) is 0 Å². The Hall–Kier alpha value is -2.47. The number of rotatable bonds is 5. The zero-order chi connectivity index (χ0) is 14.7. The third-order valence-electron chi connectivity index (χ3n) is 3.41. The van der Waals surface area contributed by atoms with Crippen molar-refractivity contribution in [2.24, 2.45) is 0 Å². The van der Waals surface area contributed by atoms with Crippen LogP contribution in [0.5, 0.6) is 0 Å². The predicted octanol–water partition coefficient (Wildman–Crippen LogP) is 1.92. The van der Waals surface area contributed by atoms with Gasteiger partial charge in [-0.05, 0) is 31.3 Å². The Bertz CT molecular complexity index is 741. The zero-order valence-corrected chi connectivity index (χ0v) is 12.2. The summed E-state index contributed by atoms with van der Waals surface area (Å²) in [4.78, 5) is 11.1. The number of hydrogen-bond acceptors (Lipinski definition) is 5. The fourth-order valence-corrected chi connectivity index (χ4v) is 2.21. The Labute approximate surface area is 124 Å². The first kappa shape index (κ1) is 13.5. The fourth-order valence-electron chi connectivity index (χ4n) is 2.21. The number of likely N-dealkylation sites (N-methyl/N-ethyl adjacent to an activating group) is 2. The van der Waals surface area contributed by atoms with Crippen LogP contribution < -0.4 is 10.2 Å². The highest BCUT2D eigenvalue weighted by molar-refractivity contribution is 5.89. The van der Waals surface area contributed by atoms with E-state index in [1.807, 2.05) is 44.4 Å². The number of H-pyrrole nitrogens is 1. The summed E-state index contributed by atoms with van der Waals surface area (Å²) in [5.74, 6) is 0.939. The van der Waals surface area contributed by atoms with Gasteiger partial charge < -0.3 is 10.2 Å². The van der Waals surface area contributed by atoms with Crippen LogP contribution in [0.3, 0.4) is 0 Å². The Balaban J connectivity index is 0.00000176. The number of aromatic amines is 1. The van der Waals surface area contributed by atoms with Gasteiger partial charge in [-0.25, -0.2) is 9.97 Å². The lowest BCUT2D eigenvalue weighted by atomic mass is 10.2. The highest BCUT2D eigenvalue weighted by atomic mass is 15.2. The lowest BCUT2D eigenvalue weighted by Gasteiger charge is -2.18. The van der Waals surface area contributed by atoms with Gasteiger partial charge in [0.05, 0.1) is 11.4 Å². The molecule has 3 heterocycles. The molecule has 0 fully saturated rings. The first-order valence-corrected chi connectivity index (χ1v) is 6.92. The third-order valence-corrected chi connectivity index (χ3v) is 3.41. The van der Waals surface area contributed by atoms with Crippen molar-refractivity contribution >= 4 is 16.9 Å². The second kappa shape index (κ2) is 5.88. The van der Waals surface area contributed by atoms with E-state index in [9.17, 15) is 0 Å². The molecule has 0 unspecified atom stereocenters. The number of aromatic nitrogens is 4. The van der Waals surface area contributed by atoms with Crippen molar-refractivity contribution in [3.63, 3.8) is 0 Å². The van der Waals surface area contributed by atoms with Gasteiger partial charge in [0.25, 0.3) is 0 Å². The molecule has 0 aliphatic heterocycles. The van der Waals surface area contributed by atoms with Gasteiger partial charge in [0.1, 0.15) is 5.82 Å². The molecule has 3 aromatic heterocycles. The van der Waals surface area contributed by atoms with Crippen LogP contribution in [-0.4, -0.2) is 47.4 Å². The van der Waals surface area contributed by atoms with E-state index < -0.39 is 0 Å². The maximum absolute atomic E-state index is 4.72. The minimum absolute atomic E-state index is 0. The van der Waals surface area contributed by atoms with Crippen molar-refractivity contribution in [1.82, 2.24) is 25.5 Å². The second-order valence-corrected chi connectivity index (χ2v) is 4.88. The van der Waals surface area contributed by atoms with Crippen LogP contribution in [0.4, 0.5) is 5.82 Å². The van der Waals surface area contributed by atoms with Gasteiger partial charge in [-0.1, -0.05) is 6.07 Å². The molecular formula is C15H20N6. The maximum Gasteiger partial charge on any atom is 0.181 e. The van der Waals surface area contributed by atoms with Crippen molar-refractivity contribution in [3.05, 3.63) is 36.5 Å². The number of fused-ring (bicyclic) bond motifs is 1. The summed E-state index contributed by atoms with van der Waals surface area (Å²) in [7, 11) is 3.98. The highest BCUT2D eigenvalue weighted by Gasteiger charge is 2.10. The van der Waals surface area contributed by atoms with Crippen molar-refractivity contribution in [1.29, 1.82) is 0 Å². The van der Waals surface area contributed by atoms with E-state index in [4.69, 9.17) is 4.98 Å². The van der Waals surface area contributed by atoms with E-state index >= 15 is 0 Å². The smallest absolute Gasteiger partial charge is 0.181 e. The van der Waals surface area contributed by atoms with Crippen LogP contribution in [0.25, 0.3) is 22.4 Å². The normalized spacial score (nSPS) is 11.0. The van der Waals surface area contributed by atoms with Gasteiger partial charge in [0.15, 0.2) is 5.65 Å². The van der Waals surface area contributed by atoms with Crippen molar-refractivity contribution in [2.45, 2.75) is 0 Å². The topological polar surface area (TPSA) is 69.7 Å². The summed E-state index contributed by atoms with van der Waals surface area (Å²) in [5, 5.41) is 11.4. The summed E-state index contributed by atoms with van der Waals surface area (Å²) in [6, 6.07) is 9.91. The van der Waals surface area contributed by atoms with Crippen molar-refractivity contribution < 1.29 is 1.43 Å². The second-order valence-electron chi connectivity index (χ2n) is 4.88. The molecule has 0 radical (unpaired) electrons. The van der Waals surface area contributed by atoms with Gasteiger partial charge in [0.2, 0.25) is 0 Å². The minimum atomic E-state index is 0.